The van der Waals surface area contributed by atoms with Crippen molar-refractivity contribution >= 4 is 40.5 Å². The van der Waals surface area contributed by atoms with Crippen LogP contribution in [0.25, 0.3) is 0 Å². The van der Waals surface area contributed by atoms with Gasteiger partial charge in [-0.15, -0.1) is 0 Å². The number of carbonyl (C=O) groups excluding carboxylic acids is 2. The molecule has 0 unspecified atom stereocenters. The van der Waals surface area contributed by atoms with Gasteiger partial charge in [-0.05, 0) is 61.7 Å². The molecule has 29 heavy (non-hydrogen) atoms. The van der Waals surface area contributed by atoms with Gasteiger partial charge in [-0.25, -0.2) is 0 Å². The molecule has 2 N–H and O–H groups in total. The van der Waals surface area contributed by atoms with Gasteiger partial charge in [0.1, 0.15) is 0 Å². The Morgan fingerprint density at radius 1 is 0.862 bits per heavy atom. The SMILES string of the molecule is O=C(Nc1ccc(N2CCCCC2)cc1)C(=O)Nc1ccc(Cl)c(C(F)(F)F)c1. The fourth-order valence-corrected chi connectivity index (χ4v) is 3.33. The molecule has 3 rings (SSSR count). The first-order valence-electron chi connectivity index (χ1n) is 9.08. The van der Waals surface area contributed by atoms with Gasteiger partial charge in [-0.2, -0.15) is 13.2 Å². The van der Waals surface area contributed by atoms with E-state index in [1.54, 1.807) is 12.1 Å². The third kappa shape index (κ3) is 5.41. The number of amides is 2. The van der Waals surface area contributed by atoms with E-state index >= 15 is 0 Å². The second kappa shape index (κ2) is 8.73. The average Bonchev–Trinajstić information content (AvgIpc) is 2.69. The third-order valence-corrected chi connectivity index (χ3v) is 4.91. The summed E-state index contributed by atoms with van der Waals surface area (Å²) in [6, 6.07) is 9.95. The van der Waals surface area contributed by atoms with Crippen LogP contribution in [0.3, 0.4) is 0 Å². The Hall–Kier alpha value is -2.74. The molecule has 9 heteroatoms. The lowest BCUT2D eigenvalue weighted by Crippen LogP contribution is -2.30. The lowest BCUT2D eigenvalue weighted by molar-refractivity contribution is -0.137. The van der Waals surface area contributed by atoms with Crippen molar-refractivity contribution in [1.82, 2.24) is 0 Å². The van der Waals surface area contributed by atoms with E-state index in [0.717, 1.165) is 37.7 Å². The van der Waals surface area contributed by atoms with Gasteiger partial charge in [0.05, 0.1) is 10.6 Å². The number of hydrogen-bond donors (Lipinski definition) is 2. The second-order valence-corrected chi connectivity index (χ2v) is 7.10. The molecule has 0 radical (unpaired) electrons. The minimum absolute atomic E-state index is 0.178. The van der Waals surface area contributed by atoms with Crippen molar-refractivity contribution in [2.24, 2.45) is 0 Å². The summed E-state index contributed by atoms with van der Waals surface area (Å²) in [4.78, 5) is 26.4. The molecule has 0 spiro atoms. The first-order valence-corrected chi connectivity index (χ1v) is 9.46. The molecule has 0 aromatic heterocycles. The van der Waals surface area contributed by atoms with Crippen molar-refractivity contribution in [2.45, 2.75) is 25.4 Å². The number of alkyl halides is 3. The summed E-state index contributed by atoms with van der Waals surface area (Å²) in [6.07, 6.45) is -1.17. The number of piperidine rings is 1. The first-order chi connectivity index (χ1) is 13.7. The van der Waals surface area contributed by atoms with E-state index in [1.165, 1.54) is 12.5 Å². The van der Waals surface area contributed by atoms with Crippen molar-refractivity contribution in [3.05, 3.63) is 53.1 Å². The van der Waals surface area contributed by atoms with Crippen LogP contribution in [0.2, 0.25) is 5.02 Å². The van der Waals surface area contributed by atoms with E-state index in [1.807, 2.05) is 12.1 Å². The highest BCUT2D eigenvalue weighted by atomic mass is 35.5. The van der Waals surface area contributed by atoms with Gasteiger partial charge in [-0.1, -0.05) is 11.6 Å². The topological polar surface area (TPSA) is 61.4 Å². The van der Waals surface area contributed by atoms with Crippen molar-refractivity contribution in [3.8, 4) is 0 Å². The minimum Gasteiger partial charge on any atom is -0.372 e. The first kappa shape index (κ1) is 21.0. The Kier molecular flexibility index (Phi) is 6.32. The normalized spacial score (nSPS) is 14.4. The highest BCUT2D eigenvalue weighted by molar-refractivity contribution is 6.43. The molecule has 2 aromatic rings. The van der Waals surface area contributed by atoms with Crippen LogP contribution < -0.4 is 15.5 Å². The third-order valence-electron chi connectivity index (χ3n) is 4.58. The van der Waals surface area contributed by atoms with Crippen LogP contribution in [0.1, 0.15) is 24.8 Å². The summed E-state index contributed by atoms with van der Waals surface area (Å²) in [7, 11) is 0. The van der Waals surface area contributed by atoms with Crippen LogP contribution >= 0.6 is 11.6 Å². The standard InChI is InChI=1S/C20H19ClF3N3O2/c21-17-9-6-14(12-16(17)20(22,23)24)26-19(29)18(28)25-13-4-7-15(8-5-13)27-10-2-1-3-11-27/h4-9,12H,1-3,10-11H2,(H,25,28)(H,26,29). The van der Waals surface area contributed by atoms with E-state index in [-0.39, 0.29) is 5.69 Å². The molecule has 0 atom stereocenters. The molecule has 0 bridgehead atoms. The second-order valence-electron chi connectivity index (χ2n) is 6.70. The lowest BCUT2D eigenvalue weighted by atomic mass is 10.1. The fraction of sp³-hybridized carbons (Fsp3) is 0.300. The van der Waals surface area contributed by atoms with Crippen molar-refractivity contribution < 1.29 is 22.8 Å². The Labute approximate surface area is 170 Å². The molecule has 2 amide bonds. The molecular formula is C20H19ClF3N3O2. The van der Waals surface area contributed by atoms with E-state index < -0.39 is 28.6 Å². The lowest BCUT2D eigenvalue weighted by Gasteiger charge is -2.28. The molecule has 154 valence electrons. The van der Waals surface area contributed by atoms with E-state index in [9.17, 15) is 22.8 Å². The Balaban J connectivity index is 1.61. The van der Waals surface area contributed by atoms with Crippen LogP contribution in [0.15, 0.2) is 42.5 Å². The van der Waals surface area contributed by atoms with Gasteiger partial charge in [0.2, 0.25) is 0 Å². The van der Waals surface area contributed by atoms with Crippen LogP contribution in [0.4, 0.5) is 30.2 Å². The summed E-state index contributed by atoms with van der Waals surface area (Å²) in [5.74, 6) is -2.07. The predicted molar refractivity (Wildman–Crippen MR) is 106 cm³/mol. The van der Waals surface area contributed by atoms with Crippen molar-refractivity contribution in [1.29, 1.82) is 0 Å². The largest absolute Gasteiger partial charge is 0.417 e. The Bertz CT molecular complexity index is 895. The van der Waals surface area contributed by atoms with Crippen molar-refractivity contribution in [2.75, 3.05) is 28.6 Å². The smallest absolute Gasteiger partial charge is 0.372 e. The molecule has 1 heterocycles. The molecule has 0 aliphatic carbocycles. The Morgan fingerprint density at radius 3 is 2.00 bits per heavy atom. The number of halogens is 4. The quantitative estimate of drug-likeness (QED) is 0.686. The zero-order valence-electron chi connectivity index (χ0n) is 15.4. The molecule has 1 saturated heterocycles. The van der Waals surface area contributed by atoms with E-state index in [0.29, 0.717) is 11.8 Å². The monoisotopic (exact) mass is 425 g/mol. The maximum absolute atomic E-state index is 12.9. The summed E-state index contributed by atoms with van der Waals surface area (Å²) in [6.45, 7) is 1.96. The molecule has 1 fully saturated rings. The number of benzene rings is 2. The van der Waals surface area contributed by atoms with Gasteiger partial charge in [0.25, 0.3) is 0 Å². The van der Waals surface area contributed by atoms with Gasteiger partial charge >= 0.3 is 18.0 Å². The highest BCUT2D eigenvalue weighted by Gasteiger charge is 2.33. The fourth-order valence-electron chi connectivity index (χ4n) is 3.10. The van der Waals surface area contributed by atoms with Gasteiger partial charge in [0, 0.05) is 30.2 Å². The number of hydrogen-bond acceptors (Lipinski definition) is 3. The zero-order chi connectivity index (χ0) is 21.0. The molecule has 2 aromatic carbocycles. The molecule has 1 aliphatic rings. The number of carbonyl (C=O) groups is 2. The maximum Gasteiger partial charge on any atom is 0.417 e. The van der Waals surface area contributed by atoms with Gasteiger partial charge < -0.3 is 15.5 Å². The maximum atomic E-state index is 12.9. The summed E-state index contributed by atoms with van der Waals surface area (Å²) in [5, 5.41) is 4.09. The van der Waals surface area contributed by atoms with Crippen LogP contribution in [0, 0.1) is 0 Å². The predicted octanol–water partition coefficient (Wildman–Crippen LogP) is 4.93. The summed E-state index contributed by atoms with van der Waals surface area (Å²) in [5.41, 5.74) is 0.180. The zero-order valence-corrected chi connectivity index (χ0v) is 16.1. The molecular weight excluding hydrogens is 407 g/mol. The average molecular weight is 426 g/mol. The van der Waals surface area contributed by atoms with E-state index in [2.05, 4.69) is 15.5 Å². The number of rotatable bonds is 3. The van der Waals surface area contributed by atoms with Crippen molar-refractivity contribution in [3.63, 3.8) is 0 Å². The molecule has 1 aliphatic heterocycles. The van der Waals surface area contributed by atoms with E-state index in [4.69, 9.17) is 11.6 Å². The summed E-state index contributed by atoms with van der Waals surface area (Å²) >= 11 is 5.54. The molecule has 0 saturated carbocycles. The number of nitrogens with zero attached hydrogens (tertiary/aromatic N) is 1. The van der Waals surface area contributed by atoms with Gasteiger partial charge in [-0.3, -0.25) is 9.59 Å². The van der Waals surface area contributed by atoms with Crippen LogP contribution in [-0.2, 0) is 15.8 Å². The minimum atomic E-state index is -4.67. The van der Waals surface area contributed by atoms with Crippen LogP contribution in [-0.4, -0.2) is 24.9 Å². The summed E-state index contributed by atoms with van der Waals surface area (Å²) < 4.78 is 38.7. The molecule has 5 nitrogen and oxygen atoms in total. The Morgan fingerprint density at radius 2 is 1.41 bits per heavy atom. The van der Waals surface area contributed by atoms with Crippen LogP contribution in [0.5, 0.6) is 0 Å². The number of anilines is 3. The number of nitrogens with one attached hydrogen (secondary N) is 2. The van der Waals surface area contributed by atoms with Gasteiger partial charge in [0.15, 0.2) is 0 Å². The highest BCUT2D eigenvalue weighted by Crippen LogP contribution is 2.36.